The van der Waals surface area contributed by atoms with Gasteiger partial charge in [0.1, 0.15) is 6.61 Å². The summed E-state index contributed by atoms with van der Waals surface area (Å²) in [6, 6.07) is 0. The first-order chi connectivity index (χ1) is 4.33. The second kappa shape index (κ2) is 2.44. The van der Waals surface area contributed by atoms with Crippen LogP contribution in [0, 0.1) is 5.53 Å². The second-order valence-electron chi connectivity index (χ2n) is 1.85. The molecular formula is C6H8N2O. The van der Waals surface area contributed by atoms with E-state index in [4.69, 9.17) is 10.3 Å². The number of rotatable bonds is 1. The average Bonchev–Trinajstić information content (AvgIpc) is 1.88. The summed E-state index contributed by atoms with van der Waals surface area (Å²) in [5.74, 6) is 0.398. The molecule has 9 heavy (non-hydrogen) atoms. The quantitative estimate of drug-likeness (QED) is 0.532. The molecule has 0 aromatic carbocycles. The predicted molar refractivity (Wildman–Crippen MR) is 32.9 cm³/mol. The van der Waals surface area contributed by atoms with Gasteiger partial charge in [-0.25, -0.2) is 5.53 Å². The first-order valence-electron chi connectivity index (χ1n) is 2.71. The van der Waals surface area contributed by atoms with Gasteiger partial charge in [0.05, 0.1) is 0 Å². The van der Waals surface area contributed by atoms with Crippen LogP contribution in [0.4, 0.5) is 0 Å². The molecule has 3 nitrogen and oxygen atoms in total. The Morgan fingerprint density at radius 3 is 3.00 bits per heavy atom. The maximum Gasteiger partial charge on any atom is 0.233 e. The molecule has 0 radical (unpaired) electrons. The smallest absolute Gasteiger partial charge is 0.233 e. The van der Waals surface area contributed by atoms with Crippen molar-refractivity contribution >= 4 is 0 Å². The minimum atomic E-state index is 0.398. The molecule has 1 aliphatic heterocycles. The lowest BCUT2D eigenvalue weighted by atomic mass is 10.2. The second-order valence-corrected chi connectivity index (χ2v) is 1.85. The molecule has 0 aromatic rings. The van der Waals surface area contributed by atoms with Crippen molar-refractivity contribution in [1.29, 1.82) is 5.53 Å². The zero-order chi connectivity index (χ0) is 6.69. The molecule has 0 bridgehead atoms. The van der Waals surface area contributed by atoms with Gasteiger partial charge < -0.3 is 4.74 Å². The Morgan fingerprint density at radius 2 is 2.56 bits per heavy atom. The van der Waals surface area contributed by atoms with Crippen LogP contribution in [-0.4, -0.2) is 6.61 Å². The number of nitrogens with one attached hydrogen (secondary N) is 1. The van der Waals surface area contributed by atoms with Crippen LogP contribution in [0.25, 0.3) is 0 Å². The Bertz CT molecular complexity index is 181. The van der Waals surface area contributed by atoms with E-state index in [-0.39, 0.29) is 0 Å². The molecule has 3 heteroatoms. The molecule has 1 rings (SSSR count). The number of hydrogen-bond acceptors (Lipinski definition) is 3. The highest BCUT2D eigenvalue weighted by Gasteiger charge is 1.99. The highest BCUT2D eigenvalue weighted by molar-refractivity contribution is 5.20. The molecule has 1 heterocycles. The highest BCUT2D eigenvalue weighted by Crippen LogP contribution is 2.10. The number of allylic oxidation sites excluding steroid dienone is 2. The zero-order valence-corrected chi connectivity index (χ0v) is 5.22. The minimum Gasteiger partial charge on any atom is -0.472 e. The third-order valence-electron chi connectivity index (χ3n) is 1.10. The van der Waals surface area contributed by atoms with Crippen molar-refractivity contribution in [3.63, 3.8) is 0 Å². The Balaban J connectivity index is 2.74. The number of nitrogens with zero attached hydrogens (tertiary/aromatic N) is 1. The number of hydrogen-bond donors (Lipinski definition) is 1. The van der Waals surface area contributed by atoms with Gasteiger partial charge >= 0.3 is 0 Å². The molecule has 0 fully saturated rings. The van der Waals surface area contributed by atoms with Crippen LogP contribution in [-0.2, 0) is 4.74 Å². The van der Waals surface area contributed by atoms with E-state index in [1.54, 1.807) is 6.08 Å². The van der Waals surface area contributed by atoms with Gasteiger partial charge in [-0.15, -0.1) is 5.11 Å². The Labute approximate surface area is 53.5 Å². The van der Waals surface area contributed by atoms with Crippen LogP contribution in [0.5, 0.6) is 0 Å². The van der Waals surface area contributed by atoms with Crippen molar-refractivity contribution < 1.29 is 4.74 Å². The van der Waals surface area contributed by atoms with Gasteiger partial charge in [0.15, 0.2) is 0 Å². The normalized spacial score (nSPS) is 17.4. The Morgan fingerprint density at radius 1 is 1.78 bits per heavy atom. The third-order valence-corrected chi connectivity index (χ3v) is 1.10. The number of ether oxygens (including phenoxy) is 1. The standard InChI is InChI=1S/C6H8N2O/c1-5-2-3-9-6(4-5)8-7/h2,4,7H,3H2,1H3. The van der Waals surface area contributed by atoms with Crippen LogP contribution in [0.3, 0.4) is 0 Å². The monoisotopic (exact) mass is 124 g/mol. The van der Waals surface area contributed by atoms with Gasteiger partial charge in [-0.3, -0.25) is 0 Å². The minimum absolute atomic E-state index is 0.398. The summed E-state index contributed by atoms with van der Waals surface area (Å²) >= 11 is 0. The molecule has 0 aliphatic carbocycles. The van der Waals surface area contributed by atoms with Gasteiger partial charge in [-0.05, 0) is 18.6 Å². The lowest BCUT2D eigenvalue weighted by molar-refractivity contribution is 0.234. The SMILES string of the molecule is CC1=CCOC(N=N)=C1. The summed E-state index contributed by atoms with van der Waals surface area (Å²) in [4.78, 5) is 0. The van der Waals surface area contributed by atoms with Crippen LogP contribution >= 0.6 is 0 Å². The molecule has 0 atom stereocenters. The van der Waals surface area contributed by atoms with E-state index < -0.39 is 0 Å². The lowest BCUT2D eigenvalue weighted by Gasteiger charge is -2.06. The molecule has 0 saturated heterocycles. The molecule has 0 aromatic heterocycles. The molecular weight excluding hydrogens is 116 g/mol. The molecule has 0 amide bonds. The fourth-order valence-electron chi connectivity index (χ4n) is 0.618. The van der Waals surface area contributed by atoms with Gasteiger partial charge in [0.25, 0.3) is 0 Å². The topological polar surface area (TPSA) is 45.4 Å². The van der Waals surface area contributed by atoms with Crippen molar-refractivity contribution in [3.05, 3.63) is 23.6 Å². The zero-order valence-electron chi connectivity index (χ0n) is 5.22. The first-order valence-corrected chi connectivity index (χ1v) is 2.71. The summed E-state index contributed by atoms with van der Waals surface area (Å²) in [6.07, 6.45) is 3.67. The van der Waals surface area contributed by atoms with E-state index in [1.807, 2.05) is 13.0 Å². The Kier molecular flexibility index (Phi) is 1.63. The van der Waals surface area contributed by atoms with Crippen LogP contribution < -0.4 is 0 Å². The van der Waals surface area contributed by atoms with Gasteiger partial charge in [0, 0.05) is 6.08 Å². The van der Waals surface area contributed by atoms with Crippen LogP contribution in [0.1, 0.15) is 6.92 Å². The molecule has 0 spiro atoms. The van der Waals surface area contributed by atoms with Crippen molar-refractivity contribution in [3.8, 4) is 0 Å². The van der Waals surface area contributed by atoms with E-state index in [2.05, 4.69) is 5.11 Å². The summed E-state index contributed by atoms with van der Waals surface area (Å²) in [5.41, 5.74) is 7.70. The van der Waals surface area contributed by atoms with E-state index in [0.717, 1.165) is 5.57 Å². The highest BCUT2D eigenvalue weighted by atomic mass is 16.5. The van der Waals surface area contributed by atoms with Crippen molar-refractivity contribution in [2.24, 2.45) is 5.11 Å². The van der Waals surface area contributed by atoms with Crippen molar-refractivity contribution in [1.82, 2.24) is 0 Å². The van der Waals surface area contributed by atoms with E-state index in [9.17, 15) is 0 Å². The van der Waals surface area contributed by atoms with Gasteiger partial charge in [0.2, 0.25) is 5.88 Å². The Hall–Kier alpha value is -1.12. The van der Waals surface area contributed by atoms with Crippen molar-refractivity contribution in [2.75, 3.05) is 6.61 Å². The average molecular weight is 124 g/mol. The third kappa shape index (κ3) is 1.38. The maximum atomic E-state index is 6.59. The van der Waals surface area contributed by atoms with E-state index >= 15 is 0 Å². The molecule has 1 aliphatic rings. The first kappa shape index (κ1) is 6.01. The van der Waals surface area contributed by atoms with E-state index in [0.29, 0.717) is 12.5 Å². The maximum absolute atomic E-state index is 6.59. The molecule has 0 unspecified atom stereocenters. The summed E-state index contributed by atoms with van der Waals surface area (Å²) in [6.45, 7) is 2.49. The summed E-state index contributed by atoms with van der Waals surface area (Å²) in [5, 5.41) is 3.15. The lowest BCUT2D eigenvalue weighted by Crippen LogP contribution is -1.95. The fraction of sp³-hybridized carbons (Fsp3) is 0.333. The fourth-order valence-corrected chi connectivity index (χ4v) is 0.618. The van der Waals surface area contributed by atoms with Crippen LogP contribution in [0.15, 0.2) is 28.7 Å². The molecule has 48 valence electrons. The summed E-state index contributed by atoms with van der Waals surface area (Å²) < 4.78 is 4.93. The predicted octanol–water partition coefficient (Wildman–Crippen LogP) is 1.84. The van der Waals surface area contributed by atoms with Gasteiger partial charge in [-0.1, -0.05) is 0 Å². The molecule has 1 N–H and O–H groups in total. The molecule has 0 saturated carbocycles. The largest absolute Gasteiger partial charge is 0.472 e. The van der Waals surface area contributed by atoms with Crippen molar-refractivity contribution in [2.45, 2.75) is 6.92 Å². The van der Waals surface area contributed by atoms with Crippen LogP contribution in [0.2, 0.25) is 0 Å². The van der Waals surface area contributed by atoms with Gasteiger partial charge in [-0.2, -0.15) is 0 Å². The summed E-state index contributed by atoms with van der Waals surface area (Å²) in [7, 11) is 0. The van der Waals surface area contributed by atoms with E-state index in [1.165, 1.54) is 0 Å².